The van der Waals surface area contributed by atoms with Gasteiger partial charge in [-0.05, 0) is 36.8 Å². The highest BCUT2D eigenvalue weighted by molar-refractivity contribution is 9.10. The third kappa shape index (κ3) is 5.20. The first-order chi connectivity index (χ1) is 11.0. The fourth-order valence-electron chi connectivity index (χ4n) is 2.13. The first-order valence-electron chi connectivity index (χ1n) is 7.22. The largest absolute Gasteiger partial charge is 0.493 e. The van der Waals surface area contributed by atoms with Crippen LogP contribution < -0.4 is 14.8 Å². The molecule has 0 bridgehead atoms. The number of benzene rings is 2. The molecule has 6 heteroatoms. The number of ether oxygens (including phenoxy) is 2. The standard InChI is InChI=1S/C17H18BrCl2NO2/c1-3-4-23-17-11(5-12(18)6-16(17)22-2)10-21-15-8-13(19)7-14(20)9-15/h5-9,21H,3-4,10H2,1-2H3. The molecule has 23 heavy (non-hydrogen) atoms. The molecule has 0 saturated heterocycles. The van der Waals surface area contributed by atoms with Crippen molar-refractivity contribution in [1.29, 1.82) is 0 Å². The Kier molecular flexibility index (Phi) is 6.88. The average Bonchev–Trinajstić information content (AvgIpc) is 2.50. The highest BCUT2D eigenvalue weighted by Crippen LogP contribution is 2.35. The topological polar surface area (TPSA) is 30.5 Å². The van der Waals surface area contributed by atoms with E-state index < -0.39 is 0 Å². The Bertz CT molecular complexity index is 660. The zero-order valence-corrected chi connectivity index (χ0v) is 16.1. The van der Waals surface area contributed by atoms with Gasteiger partial charge >= 0.3 is 0 Å². The second-order valence-corrected chi connectivity index (χ2v) is 6.74. The minimum Gasteiger partial charge on any atom is -0.493 e. The third-order valence-electron chi connectivity index (χ3n) is 3.11. The summed E-state index contributed by atoms with van der Waals surface area (Å²) in [6.07, 6.45) is 0.927. The number of nitrogens with one attached hydrogen (secondary N) is 1. The zero-order valence-electron chi connectivity index (χ0n) is 13.0. The van der Waals surface area contributed by atoms with Gasteiger partial charge in [0.1, 0.15) is 0 Å². The molecule has 0 aromatic heterocycles. The van der Waals surface area contributed by atoms with Gasteiger partial charge in [0.05, 0.1) is 13.7 Å². The van der Waals surface area contributed by atoms with Gasteiger partial charge in [-0.15, -0.1) is 0 Å². The van der Waals surface area contributed by atoms with Crippen molar-refractivity contribution in [2.24, 2.45) is 0 Å². The molecule has 0 heterocycles. The summed E-state index contributed by atoms with van der Waals surface area (Å²) < 4.78 is 12.2. The second kappa shape index (κ2) is 8.67. The van der Waals surface area contributed by atoms with Crippen LogP contribution in [-0.4, -0.2) is 13.7 Å². The van der Waals surface area contributed by atoms with Crippen LogP contribution in [0.15, 0.2) is 34.8 Å². The Morgan fingerprint density at radius 3 is 2.39 bits per heavy atom. The molecule has 2 aromatic carbocycles. The molecule has 1 N–H and O–H groups in total. The summed E-state index contributed by atoms with van der Waals surface area (Å²) in [4.78, 5) is 0. The van der Waals surface area contributed by atoms with E-state index in [0.717, 1.165) is 27.9 Å². The van der Waals surface area contributed by atoms with Crippen molar-refractivity contribution >= 4 is 44.8 Å². The zero-order chi connectivity index (χ0) is 16.8. The number of rotatable bonds is 7. The lowest BCUT2D eigenvalue weighted by atomic mass is 10.1. The lowest BCUT2D eigenvalue weighted by molar-refractivity contribution is 0.291. The molecule has 2 aromatic rings. The molecule has 0 fully saturated rings. The SMILES string of the molecule is CCCOc1c(CNc2cc(Cl)cc(Cl)c2)cc(Br)cc1OC. The fraction of sp³-hybridized carbons (Fsp3) is 0.294. The number of halogens is 3. The quantitative estimate of drug-likeness (QED) is 0.583. The normalized spacial score (nSPS) is 10.5. The highest BCUT2D eigenvalue weighted by Gasteiger charge is 2.13. The summed E-state index contributed by atoms with van der Waals surface area (Å²) in [5, 5.41) is 4.50. The van der Waals surface area contributed by atoms with Gasteiger partial charge in [-0.3, -0.25) is 0 Å². The monoisotopic (exact) mass is 417 g/mol. The van der Waals surface area contributed by atoms with Crippen molar-refractivity contribution in [3.05, 3.63) is 50.4 Å². The number of hydrogen-bond acceptors (Lipinski definition) is 3. The Morgan fingerprint density at radius 2 is 1.78 bits per heavy atom. The summed E-state index contributed by atoms with van der Waals surface area (Å²) in [6, 6.07) is 9.26. The van der Waals surface area contributed by atoms with Gasteiger partial charge in [0.2, 0.25) is 0 Å². The maximum atomic E-state index is 6.03. The van der Waals surface area contributed by atoms with Gasteiger partial charge in [0.15, 0.2) is 11.5 Å². The van der Waals surface area contributed by atoms with Crippen molar-refractivity contribution < 1.29 is 9.47 Å². The van der Waals surface area contributed by atoms with Crippen LogP contribution in [0.3, 0.4) is 0 Å². The predicted molar refractivity (Wildman–Crippen MR) is 100 cm³/mol. The van der Waals surface area contributed by atoms with Crippen molar-refractivity contribution in [3.8, 4) is 11.5 Å². The molecule has 0 spiro atoms. The van der Waals surface area contributed by atoms with E-state index in [-0.39, 0.29) is 0 Å². The fourth-order valence-corrected chi connectivity index (χ4v) is 3.14. The van der Waals surface area contributed by atoms with E-state index in [2.05, 4.69) is 28.2 Å². The molecule has 0 aliphatic rings. The Labute approximate surface area is 155 Å². The maximum absolute atomic E-state index is 6.03. The molecule has 0 radical (unpaired) electrons. The van der Waals surface area contributed by atoms with Crippen LogP contribution in [0.25, 0.3) is 0 Å². The smallest absolute Gasteiger partial charge is 0.166 e. The lowest BCUT2D eigenvalue weighted by Crippen LogP contribution is -2.06. The van der Waals surface area contributed by atoms with Crippen molar-refractivity contribution in [2.45, 2.75) is 19.9 Å². The molecular formula is C17H18BrCl2NO2. The first-order valence-corrected chi connectivity index (χ1v) is 8.77. The van der Waals surface area contributed by atoms with E-state index in [4.69, 9.17) is 32.7 Å². The van der Waals surface area contributed by atoms with E-state index >= 15 is 0 Å². The summed E-state index contributed by atoms with van der Waals surface area (Å²) in [7, 11) is 1.63. The maximum Gasteiger partial charge on any atom is 0.166 e. The molecule has 0 aliphatic heterocycles. The van der Waals surface area contributed by atoms with Crippen molar-refractivity contribution in [2.75, 3.05) is 19.0 Å². The predicted octanol–water partition coefficient (Wildman–Crippen LogP) is 6.17. The van der Waals surface area contributed by atoms with E-state index in [9.17, 15) is 0 Å². The summed E-state index contributed by atoms with van der Waals surface area (Å²) in [5.41, 5.74) is 1.84. The van der Waals surface area contributed by atoms with Crippen molar-refractivity contribution in [3.63, 3.8) is 0 Å². The van der Waals surface area contributed by atoms with E-state index in [1.165, 1.54) is 0 Å². The van der Waals surface area contributed by atoms with Crippen LogP contribution in [0.4, 0.5) is 5.69 Å². The molecule has 0 atom stereocenters. The van der Waals surface area contributed by atoms with Gasteiger partial charge in [0, 0.05) is 32.3 Å². The van der Waals surface area contributed by atoms with Gasteiger partial charge in [-0.2, -0.15) is 0 Å². The Hall–Kier alpha value is -1.10. The van der Waals surface area contributed by atoms with E-state index in [0.29, 0.717) is 28.9 Å². The number of anilines is 1. The molecule has 0 unspecified atom stereocenters. The summed E-state index contributed by atoms with van der Waals surface area (Å²) in [5.74, 6) is 1.45. The second-order valence-electron chi connectivity index (χ2n) is 4.96. The van der Waals surface area contributed by atoms with E-state index in [1.807, 2.05) is 24.3 Å². The minimum atomic E-state index is 0.561. The molecule has 0 saturated carbocycles. The summed E-state index contributed by atoms with van der Waals surface area (Å²) in [6.45, 7) is 3.26. The van der Waals surface area contributed by atoms with Crippen LogP contribution in [0, 0.1) is 0 Å². The van der Waals surface area contributed by atoms with Crippen LogP contribution in [-0.2, 0) is 6.54 Å². The van der Waals surface area contributed by atoms with Gasteiger partial charge in [-0.1, -0.05) is 46.1 Å². The van der Waals surface area contributed by atoms with E-state index in [1.54, 1.807) is 13.2 Å². The lowest BCUT2D eigenvalue weighted by Gasteiger charge is -2.16. The minimum absolute atomic E-state index is 0.561. The van der Waals surface area contributed by atoms with Crippen LogP contribution in [0.2, 0.25) is 10.0 Å². The van der Waals surface area contributed by atoms with Crippen LogP contribution in [0.5, 0.6) is 11.5 Å². The average molecular weight is 419 g/mol. The molecule has 0 aliphatic carbocycles. The third-order valence-corrected chi connectivity index (χ3v) is 4.01. The Balaban J connectivity index is 2.25. The van der Waals surface area contributed by atoms with Gasteiger partial charge < -0.3 is 14.8 Å². The van der Waals surface area contributed by atoms with Crippen LogP contribution >= 0.6 is 39.1 Å². The van der Waals surface area contributed by atoms with Gasteiger partial charge in [-0.25, -0.2) is 0 Å². The van der Waals surface area contributed by atoms with Crippen LogP contribution in [0.1, 0.15) is 18.9 Å². The molecule has 0 amide bonds. The molecule has 3 nitrogen and oxygen atoms in total. The van der Waals surface area contributed by atoms with Crippen molar-refractivity contribution in [1.82, 2.24) is 0 Å². The Morgan fingerprint density at radius 1 is 1.09 bits per heavy atom. The van der Waals surface area contributed by atoms with Gasteiger partial charge in [0.25, 0.3) is 0 Å². The molecule has 124 valence electrons. The first kappa shape index (κ1) is 18.2. The molecule has 2 rings (SSSR count). The highest BCUT2D eigenvalue weighted by atomic mass is 79.9. The summed E-state index contributed by atoms with van der Waals surface area (Å²) >= 11 is 15.6. The molecular weight excluding hydrogens is 401 g/mol. The number of hydrogen-bond donors (Lipinski definition) is 1. The number of methoxy groups -OCH3 is 1.